The minimum absolute atomic E-state index is 0.0422. The monoisotopic (exact) mass is 338 g/mol. The molecule has 1 heterocycles. The Bertz CT molecular complexity index is 779. The van der Waals surface area contributed by atoms with E-state index in [1.165, 1.54) is 0 Å². The Kier molecular flexibility index (Phi) is 5.17. The molecule has 3 rings (SSSR count). The quantitative estimate of drug-likeness (QED) is 0.757. The zero-order chi connectivity index (χ0) is 17.6. The highest BCUT2D eigenvalue weighted by Gasteiger charge is 2.33. The number of benzene rings is 2. The van der Waals surface area contributed by atoms with Gasteiger partial charge in [-0.15, -0.1) is 0 Å². The van der Waals surface area contributed by atoms with Gasteiger partial charge in [0.15, 0.2) is 0 Å². The van der Waals surface area contributed by atoms with Crippen LogP contribution in [0.4, 0.5) is 4.79 Å². The Morgan fingerprint density at radius 1 is 1.32 bits per heavy atom. The van der Waals surface area contributed by atoms with Crippen LogP contribution >= 0.6 is 0 Å². The van der Waals surface area contributed by atoms with Gasteiger partial charge in [0.05, 0.1) is 24.3 Å². The molecule has 2 atom stereocenters. The molecule has 2 N–H and O–H groups in total. The molecule has 0 unspecified atom stereocenters. The maximum absolute atomic E-state index is 10.8. The molecule has 1 aliphatic heterocycles. The maximum Gasteiger partial charge on any atom is 0.404 e. The first-order chi connectivity index (χ1) is 12.1. The van der Waals surface area contributed by atoms with Gasteiger partial charge in [-0.1, -0.05) is 24.3 Å². The number of amides is 1. The summed E-state index contributed by atoms with van der Waals surface area (Å²) in [5, 5.41) is 20.3. The highest BCUT2D eigenvalue weighted by atomic mass is 16.6. The van der Waals surface area contributed by atoms with E-state index in [0.717, 1.165) is 16.9 Å². The highest BCUT2D eigenvalue weighted by Crippen LogP contribution is 2.20. The van der Waals surface area contributed by atoms with Gasteiger partial charge in [0, 0.05) is 0 Å². The summed E-state index contributed by atoms with van der Waals surface area (Å²) in [4.78, 5) is 10.8. The summed E-state index contributed by atoms with van der Waals surface area (Å²) in [5.74, 6) is 0.719. The topological polar surface area (TPSA) is 94.9 Å². The lowest BCUT2D eigenvalue weighted by Crippen LogP contribution is -2.39. The lowest BCUT2D eigenvalue weighted by Gasteiger charge is -2.15. The highest BCUT2D eigenvalue weighted by molar-refractivity contribution is 5.65. The first-order valence-electron chi connectivity index (χ1n) is 7.96. The van der Waals surface area contributed by atoms with Crippen molar-refractivity contribution < 1.29 is 19.4 Å². The van der Waals surface area contributed by atoms with Crippen LogP contribution in [0.15, 0.2) is 48.5 Å². The minimum Gasteiger partial charge on any atom is -0.489 e. The Hall–Kier alpha value is -3.04. The summed E-state index contributed by atoms with van der Waals surface area (Å²) in [6.45, 7) is 0.974. The molecule has 0 aromatic heterocycles. The molecule has 0 aliphatic carbocycles. The second-order valence-corrected chi connectivity index (χ2v) is 5.88. The number of nitrogens with one attached hydrogen (secondary N) is 1. The third-order valence-electron chi connectivity index (χ3n) is 3.96. The Labute approximate surface area is 145 Å². The fourth-order valence-corrected chi connectivity index (χ4v) is 2.59. The first kappa shape index (κ1) is 16.8. The fourth-order valence-electron chi connectivity index (χ4n) is 2.59. The standard InChI is InChI=1S/C19H18N2O4/c20-10-14-2-1-3-15(8-14)11-24-16-6-4-13(5-7-16)9-17(18-12-25-18)21-19(22)23/h1-8,17-18,21H,9,11-12H2,(H,22,23)/t17-,18+/m0/s1. The van der Waals surface area contributed by atoms with Crippen LogP contribution < -0.4 is 10.1 Å². The molecular weight excluding hydrogens is 320 g/mol. The molecule has 0 saturated carbocycles. The molecule has 128 valence electrons. The molecule has 6 heteroatoms. The number of hydrogen-bond acceptors (Lipinski definition) is 4. The van der Waals surface area contributed by atoms with Crippen LogP contribution in [-0.4, -0.2) is 30.0 Å². The van der Waals surface area contributed by atoms with Crippen LogP contribution in [0.25, 0.3) is 0 Å². The second-order valence-electron chi connectivity index (χ2n) is 5.88. The fraction of sp³-hybridized carbons (Fsp3) is 0.263. The molecule has 25 heavy (non-hydrogen) atoms. The molecule has 2 aromatic carbocycles. The number of nitrogens with zero attached hydrogens (tertiary/aromatic N) is 1. The predicted molar refractivity (Wildman–Crippen MR) is 90.3 cm³/mol. The van der Waals surface area contributed by atoms with Crippen molar-refractivity contribution >= 4 is 6.09 Å². The van der Waals surface area contributed by atoms with E-state index in [1.54, 1.807) is 12.1 Å². The van der Waals surface area contributed by atoms with E-state index in [-0.39, 0.29) is 12.1 Å². The van der Waals surface area contributed by atoms with Crippen LogP contribution in [0, 0.1) is 11.3 Å². The molecule has 1 aliphatic rings. The predicted octanol–water partition coefficient (Wildman–Crippen LogP) is 2.71. The SMILES string of the molecule is N#Cc1cccc(COc2ccc(C[C@H](NC(=O)O)[C@H]3CO3)cc2)c1. The molecule has 2 aromatic rings. The smallest absolute Gasteiger partial charge is 0.404 e. The minimum atomic E-state index is -1.04. The van der Waals surface area contributed by atoms with Crippen LogP contribution in [0.2, 0.25) is 0 Å². The lowest BCUT2D eigenvalue weighted by atomic mass is 10.0. The summed E-state index contributed by atoms with van der Waals surface area (Å²) < 4.78 is 10.9. The number of epoxide rings is 1. The van der Waals surface area contributed by atoms with Crippen LogP contribution in [0.1, 0.15) is 16.7 Å². The van der Waals surface area contributed by atoms with Crippen molar-refractivity contribution in [2.45, 2.75) is 25.2 Å². The number of nitriles is 1. The number of carbonyl (C=O) groups is 1. The largest absolute Gasteiger partial charge is 0.489 e. The van der Waals surface area contributed by atoms with E-state index in [0.29, 0.717) is 25.2 Å². The van der Waals surface area contributed by atoms with E-state index in [9.17, 15) is 4.79 Å². The van der Waals surface area contributed by atoms with Crippen LogP contribution in [0.3, 0.4) is 0 Å². The molecule has 0 spiro atoms. The van der Waals surface area contributed by atoms with Crippen molar-refractivity contribution in [3.63, 3.8) is 0 Å². The van der Waals surface area contributed by atoms with Gasteiger partial charge < -0.3 is 19.9 Å². The molecule has 6 nitrogen and oxygen atoms in total. The lowest BCUT2D eigenvalue weighted by molar-refractivity contribution is 0.186. The molecule has 1 saturated heterocycles. The van der Waals surface area contributed by atoms with Gasteiger partial charge in [-0.2, -0.15) is 5.26 Å². The number of ether oxygens (including phenoxy) is 2. The summed E-state index contributed by atoms with van der Waals surface area (Å²) >= 11 is 0. The van der Waals surface area contributed by atoms with Gasteiger partial charge >= 0.3 is 6.09 Å². The molecule has 0 bridgehead atoms. The van der Waals surface area contributed by atoms with E-state index in [1.807, 2.05) is 36.4 Å². The second kappa shape index (κ2) is 7.69. The Balaban J connectivity index is 1.56. The van der Waals surface area contributed by atoms with Crippen LogP contribution in [-0.2, 0) is 17.8 Å². The van der Waals surface area contributed by atoms with Gasteiger partial charge in [0.2, 0.25) is 0 Å². The Morgan fingerprint density at radius 2 is 2.08 bits per heavy atom. The molecular formula is C19H18N2O4. The Morgan fingerprint density at radius 3 is 2.72 bits per heavy atom. The van der Waals surface area contributed by atoms with Gasteiger partial charge in [0.25, 0.3) is 0 Å². The van der Waals surface area contributed by atoms with E-state index in [2.05, 4.69) is 11.4 Å². The zero-order valence-corrected chi connectivity index (χ0v) is 13.5. The summed E-state index contributed by atoms with van der Waals surface area (Å²) in [6, 6.07) is 16.7. The van der Waals surface area contributed by atoms with Gasteiger partial charge in [-0.25, -0.2) is 4.79 Å². The first-order valence-corrected chi connectivity index (χ1v) is 7.96. The van der Waals surface area contributed by atoms with Crippen molar-refractivity contribution in [2.24, 2.45) is 0 Å². The normalized spacial score (nSPS) is 16.5. The van der Waals surface area contributed by atoms with Crippen molar-refractivity contribution in [3.8, 4) is 11.8 Å². The maximum atomic E-state index is 10.8. The van der Waals surface area contributed by atoms with Gasteiger partial charge in [0.1, 0.15) is 18.5 Å². The number of hydrogen-bond donors (Lipinski definition) is 2. The molecule has 0 radical (unpaired) electrons. The number of carboxylic acid groups (broad SMARTS) is 1. The average Bonchev–Trinajstić information content (AvgIpc) is 3.45. The van der Waals surface area contributed by atoms with Crippen LogP contribution in [0.5, 0.6) is 5.75 Å². The van der Waals surface area contributed by atoms with Crippen molar-refractivity contribution in [2.75, 3.05) is 6.61 Å². The number of rotatable bonds is 7. The van der Waals surface area contributed by atoms with Gasteiger partial charge in [-0.05, 0) is 41.8 Å². The molecule has 1 amide bonds. The third kappa shape index (κ3) is 4.96. The molecule has 1 fully saturated rings. The van der Waals surface area contributed by atoms with Crippen molar-refractivity contribution in [3.05, 3.63) is 65.2 Å². The van der Waals surface area contributed by atoms with E-state index >= 15 is 0 Å². The van der Waals surface area contributed by atoms with E-state index in [4.69, 9.17) is 19.8 Å². The zero-order valence-electron chi connectivity index (χ0n) is 13.5. The van der Waals surface area contributed by atoms with E-state index < -0.39 is 6.09 Å². The third-order valence-corrected chi connectivity index (χ3v) is 3.96. The summed E-state index contributed by atoms with van der Waals surface area (Å²) in [6.07, 6.45) is -0.513. The average molecular weight is 338 g/mol. The summed E-state index contributed by atoms with van der Waals surface area (Å²) in [7, 11) is 0. The van der Waals surface area contributed by atoms with Gasteiger partial charge in [-0.3, -0.25) is 0 Å². The summed E-state index contributed by atoms with van der Waals surface area (Å²) in [5.41, 5.74) is 2.54. The van der Waals surface area contributed by atoms with Crippen molar-refractivity contribution in [1.29, 1.82) is 5.26 Å². The van der Waals surface area contributed by atoms with Crippen molar-refractivity contribution in [1.82, 2.24) is 5.32 Å².